The number of likely N-dealkylation sites (N-methyl/N-ethyl adjacent to an activating group) is 1. The van der Waals surface area contributed by atoms with E-state index in [2.05, 4.69) is 11.8 Å². The van der Waals surface area contributed by atoms with Crippen molar-refractivity contribution in [2.24, 2.45) is 0 Å². The van der Waals surface area contributed by atoms with Gasteiger partial charge in [-0.1, -0.05) is 30.3 Å². The molecule has 0 saturated carbocycles. The van der Waals surface area contributed by atoms with Gasteiger partial charge in [-0.05, 0) is 31.2 Å². The Kier molecular flexibility index (Phi) is 4.88. The Morgan fingerprint density at radius 2 is 1.60 bits per heavy atom. The van der Waals surface area contributed by atoms with Crippen LogP contribution in [0.4, 0.5) is 0 Å². The third-order valence-corrected chi connectivity index (χ3v) is 5.13. The van der Waals surface area contributed by atoms with E-state index in [9.17, 15) is 5.11 Å². The van der Waals surface area contributed by atoms with Crippen LogP contribution in [0, 0.1) is 0 Å². The van der Waals surface area contributed by atoms with Crippen LogP contribution in [0.25, 0.3) is 0 Å². The molecule has 1 aliphatic rings. The predicted molar refractivity (Wildman–Crippen MR) is 96.4 cm³/mol. The van der Waals surface area contributed by atoms with Crippen LogP contribution >= 0.6 is 0 Å². The Bertz CT molecular complexity index is 747. The highest BCUT2D eigenvalue weighted by Crippen LogP contribution is 2.53. The second-order valence-electron chi connectivity index (χ2n) is 6.29. The Hall–Kier alpha value is -2.24. The number of hydrogen-bond acceptors (Lipinski definition) is 5. The number of methoxy groups -OCH3 is 3. The van der Waals surface area contributed by atoms with E-state index >= 15 is 0 Å². The summed E-state index contributed by atoms with van der Waals surface area (Å²) < 4.78 is 16.6. The number of fused-ring (bicyclic) bond motifs is 1. The third-order valence-electron chi connectivity index (χ3n) is 5.13. The number of hydrogen-bond donors (Lipinski definition) is 1. The van der Waals surface area contributed by atoms with E-state index in [1.165, 1.54) is 0 Å². The van der Waals surface area contributed by atoms with Crippen molar-refractivity contribution in [1.82, 2.24) is 4.90 Å². The van der Waals surface area contributed by atoms with Gasteiger partial charge in [0.1, 0.15) is 0 Å². The molecule has 0 fully saturated rings. The van der Waals surface area contributed by atoms with Crippen LogP contribution in [0.1, 0.15) is 41.8 Å². The molecule has 1 aliphatic heterocycles. The summed E-state index contributed by atoms with van der Waals surface area (Å²) in [5.74, 6) is 1.72. The van der Waals surface area contributed by atoms with Crippen molar-refractivity contribution >= 4 is 0 Å². The van der Waals surface area contributed by atoms with Gasteiger partial charge in [-0.15, -0.1) is 0 Å². The van der Waals surface area contributed by atoms with Gasteiger partial charge in [0.15, 0.2) is 11.5 Å². The number of aliphatic hydroxyl groups excluding tert-OH is 1. The maximum absolute atomic E-state index is 11.2. The first-order valence-electron chi connectivity index (χ1n) is 8.32. The summed E-state index contributed by atoms with van der Waals surface area (Å²) in [6.45, 7) is 2.11. The molecule has 2 aromatic rings. The van der Waals surface area contributed by atoms with Crippen LogP contribution in [-0.4, -0.2) is 38.4 Å². The van der Waals surface area contributed by atoms with E-state index in [0.29, 0.717) is 17.2 Å². The molecule has 5 nitrogen and oxygen atoms in total. The molecule has 0 radical (unpaired) electrons. The lowest BCUT2D eigenvalue weighted by atomic mass is 9.83. The van der Waals surface area contributed by atoms with Crippen molar-refractivity contribution in [2.45, 2.75) is 25.1 Å². The van der Waals surface area contributed by atoms with Crippen molar-refractivity contribution < 1.29 is 19.3 Å². The second-order valence-corrected chi connectivity index (χ2v) is 6.29. The van der Waals surface area contributed by atoms with E-state index in [-0.39, 0.29) is 12.1 Å². The molecular formula is C20H25NO4. The Labute approximate surface area is 148 Å². The lowest BCUT2D eigenvalue weighted by Gasteiger charge is -2.43. The molecule has 5 heteroatoms. The van der Waals surface area contributed by atoms with Gasteiger partial charge in [0.2, 0.25) is 5.75 Å². The van der Waals surface area contributed by atoms with Crippen LogP contribution < -0.4 is 14.2 Å². The summed E-state index contributed by atoms with van der Waals surface area (Å²) in [6.07, 6.45) is -0.702. The molecule has 0 bridgehead atoms. The molecule has 1 N–H and O–H groups in total. The number of nitrogens with zero attached hydrogens (tertiary/aromatic N) is 1. The molecule has 3 atom stereocenters. The normalized spacial score (nSPS) is 23.0. The van der Waals surface area contributed by atoms with Crippen LogP contribution in [0.15, 0.2) is 36.4 Å². The summed E-state index contributed by atoms with van der Waals surface area (Å²) in [6, 6.07) is 11.8. The summed E-state index contributed by atoms with van der Waals surface area (Å²) in [5, 5.41) is 11.2. The van der Waals surface area contributed by atoms with E-state index in [1.807, 2.05) is 43.4 Å². The number of benzene rings is 2. The third kappa shape index (κ3) is 2.73. The Morgan fingerprint density at radius 3 is 2.16 bits per heavy atom. The van der Waals surface area contributed by atoms with E-state index in [4.69, 9.17) is 14.2 Å². The molecular weight excluding hydrogens is 318 g/mol. The smallest absolute Gasteiger partial charge is 0.203 e. The fraction of sp³-hybridized carbons (Fsp3) is 0.400. The molecule has 0 saturated heterocycles. The summed E-state index contributed by atoms with van der Waals surface area (Å²) in [7, 11) is 6.81. The van der Waals surface area contributed by atoms with Gasteiger partial charge in [-0.2, -0.15) is 0 Å². The highest BCUT2D eigenvalue weighted by atomic mass is 16.5. The minimum Gasteiger partial charge on any atom is -0.493 e. The minimum atomic E-state index is -0.702. The fourth-order valence-electron chi connectivity index (χ4n) is 3.78. The van der Waals surface area contributed by atoms with Crippen LogP contribution in [0.3, 0.4) is 0 Å². The number of rotatable bonds is 4. The zero-order valence-electron chi connectivity index (χ0n) is 15.3. The van der Waals surface area contributed by atoms with Gasteiger partial charge >= 0.3 is 0 Å². The van der Waals surface area contributed by atoms with Crippen LogP contribution in [0.5, 0.6) is 17.2 Å². The predicted octanol–water partition coefficient (Wildman–Crippen LogP) is 3.49. The number of ether oxygens (including phenoxy) is 3. The van der Waals surface area contributed by atoms with Gasteiger partial charge in [-0.25, -0.2) is 0 Å². The molecule has 25 heavy (non-hydrogen) atoms. The molecule has 0 aromatic heterocycles. The van der Waals surface area contributed by atoms with Crippen LogP contribution in [0.2, 0.25) is 0 Å². The Balaban J connectivity index is 2.22. The monoisotopic (exact) mass is 343 g/mol. The lowest BCUT2D eigenvalue weighted by molar-refractivity contribution is 0.0223. The first kappa shape index (κ1) is 17.6. The van der Waals surface area contributed by atoms with E-state index < -0.39 is 6.10 Å². The lowest BCUT2D eigenvalue weighted by Crippen LogP contribution is -2.37. The van der Waals surface area contributed by atoms with Crippen molar-refractivity contribution in [3.05, 3.63) is 53.1 Å². The van der Waals surface area contributed by atoms with Gasteiger partial charge < -0.3 is 19.3 Å². The fourth-order valence-corrected chi connectivity index (χ4v) is 3.78. The molecule has 1 heterocycles. The zero-order valence-corrected chi connectivity index (χ0v) is 15.3. The van der Waals surface area contributed by atoms with Crippen molar-refractivity contribution in [3.63, 3.8) is 0 Å². The molecule has 0 amide bonds. The molecule has 0 unspecified atom stereocenters. The van der Waals surface area contributed by atoms with Crippen molar-refractivity contribution in [3.8, 4) is 17.2 Å². The van der Waals surface area contributed by atoms with E-state index in [1.54, 1.807) is 21.3 Å². The summed E-state index contributed by atoms with van der Waals surface area (Å²) in [5.41, 5.74) is 2.82. The van der Waals surface area contributed by atoms with E-state index in [0.717, 1.165) is 16.7 Å². The molecule has 0 aliphatic carbocycles. The Morgan fingerprint density at radius 1 is 0.960 bits per heavy atom. The number of aliphatic hydroxyl groups is 1. The first-order chi connectivity index (χ1) is 12.0. The van der Waals surface area contributed by atoms with Crippen LogP contribution in [-0.2, 0) is 0 Å². The molecule has 3 rings (SSSR count). The average molecular weight is 343 g/mol. The topological polar surface area (TPSA) is 51.2 Å². The minimum absolute atomic E-state index is 0.0402. The highest BCUT2D eigenvalue weighted by molar-refractivity contribution is 5.61. The molecule has 2 aromatic carbocycles. The second kappa shape index (κ2) is 6.94. The largest absolute Gasteiger partial charge is 0.493 e. The average Bonchev–Trinajstić information content (AvgIpc) is 2.65. The highest BCUT2D eigenvalue weighted by Gasteiger charge is 2.40. The van der Waals surface area contributed by atoms with Gasteiger partial charge in [0, 0.05) is 11.6 Å². The zero-order chi connectivity index (χ0) is 18.1. The first-order valence-corrected chi connectivity index (χ1v) is 8.32. The summed E-state index contributed by atoms with van der Waals surface area (Å²) >= 11 is 0. The maximum Gasteiger partial charge on any atom is 0.203 e. The van der Waals surface area contributed by atoms with Gasteiger partial charge in [-0.3, -0.25) is 4.90 Å². The molecule has 0 spiro atoms. The quantitative estimate of drug-likeness (QED) is 0.921. The standard InChI is InChI=1S/C20H25NO4/c1-12-16-14(11-15(23-3)19(24-4)20(16)25-5)18(22)17(21(12)2)13-9-7-6-8-10-13/h6-12,17-18,22H,1-5H3/t12-,17+,18-/m0/s1. The van der Waals surface area contributed by atoms with Crippen molar-refractivity contribution in [1.29, 1.82) is 0 Å². The molecule has 134 valence electrons. The van der Waals surface area contributed by atoms with Gasteiger partial charge in [0.05, 0.1) is 33.5 Å². The van der Waals surface area contributed by atoms with Crippen molar-refractivity contribution in [2.75, 3.05) is 28.4 Å². The SMILES string of the molecule is COc1cc2c(c(OC)c1OC)[C@H](C)N(C)[C@H](c1ccccc1)[C@H]2O. The summed E-state index contributed by atoms with van der Waals surface area (Å²) in [4.78, 5) is 2.16. The van der Waals surface area contributed by atoms with Gasteiger partial charge in [0.25, 0.3) is 0 Å². The maximum atomic E-state index is 11.2.